The fourth-order valence-electron chi connectivity index (χ4n) is 3.27. The first-order valence-electron chi connectivity index (χ1n) is 8.58. The summed E-state index contributed by atoms with van der Waals surface area (Å²) >= 11 is 0. The highest BCUT2D eigenvalue weighted by Gasteiger charge is 2.23. The zero-order valence-electron chi connectivity index (χ0n) is 13.8. The van der Waals surface area contributed by atoms with Crippen molar-refractivity contribution < 1.29 is 9.90 Å². The highest BCUT2D eigenvalue weighted by atomic mass is 16.4. The van der Waals surface area contributed by atoms with Crippen LogP contribution in [0, 0.1) is 0 Å². The number of nitrogens with one attached hydrogen (secondary N) is 1. The van der Waals surface area contributed by atoms with Crippen LogP contribution in [0.5, 0.6) is 0 Å². The molecule has 0 atom stereocenters. The standard InChI is InChI=1S/C20H24N2O2/c23-20(24)22-14-11-18(12-15-22)17-6-8-19(9-7-17)21-13-10-16-4-2-1-3-5-16/h1-9,18,21H,10-15H2,(H,23,24). The zero-order chi connectivity index (χ0) is 16.8. The Bertz CT molecular complexity index is 647. The van der Waals surface area contributed by atoms with Crippen molar-refractivity contribution in [1.29, 1.82) is 0 Å². The van der Waals surface area contributed by atoms with Gasteiger partial charge >= 0.3 is 6.09 Å². The number of hydrogen-bond acceptors (Lipinski definition) is 2. The van der Waals surface area contributed by atoms with Crippen molar-refractivity contribution in [2.24, 2.45) is 0 Å². The lowest BCUT2D eigenvalue weighted by atomic mass is 9.89. The van der Waals surface area contributed by atoms with Crippen LogP contribution in [0.4, 0.5) is 10.5 Å². The minimum Gasteiger partial charge on any atom is -0.465 e. The van der Waals surface area contributed by atoms with Gasteiger partial charge in [-0.1, -0.05) is 42.5 Å². The molecule has 0 bridgehead atoms. The molecule has 126 valence electrons. The summed E-state index contributed by atoms with van der Waals surface area (Å²) < 4.78 is 0. The summed E-state index contributed by atoms with van der Waals surface area (Å²) in [5.74, 6) is 0.471. The van der Waals surface area contributed by atoms with Crippen LogP contribution in [-0.2, 0) is 6.42 Å². The summed E-state index contributed by atoms with van der Waals surface area (Å²) in [5.41, 5.74) is 3.79. The Hall–Kier alpha value is -2.49. The normalized spacial score (nSPS) is 15.2. The van der Waals surface area contributed by atoms with Gasteiger partial charge in [-0.25, -0.2) is 4.79 Å². The molecule has 2 aromatic carbocycles. The van der Waals surface area contributed by atoms with Crippen LogP contribution < -0.4 is 5.32 Å². The van der Waals surface area contributed by atoms with E-state index in [0.717, 1.165) is 31.5 Å². The Morgan fingerprint density at radius 3 is 2.33 bits per heavy atom. The molecule has 4 nitrogen and oxygen atoms in total. The third kappa shape index (κ3) is 4.28. The summed E-state index contributed by atoms with van der Waals surface area (Å²) in [4.78, 5) is 12.5. The van der Waals surface area contributed by atoms with Crippen molar-refractivity contribution in [3.63, 3.8) is 0 Å². The molecule has 3 rings (SSSR count). The first kappa shape index (κ1) is 16.4. The number of rotatable bonds is 5. The Balaban J connectivity index is 1.48. The predicted octanol–water partition coefficient (Wildman–Crippen LogP) is 4.20. The van der Waals surface area contributed by atoms with E-state index in [1.807, 2.05) is 6.07 Å². The molecular weight excluding hydrogens is 300 g/mol. The molecule has 4 heteroatoms. The largest absolute Gasteiger partial charge is 0.465 e. The summed E-state index contributed by atoms with van der Waals surface area (Å²) in [7, 11) is 0. The number of carboxylic acid groups (broad SMARTS) is 1. The molecule has 0 unspecified atom stereocenters. The molecule has 24 heavy (non-hydrogen) atoms. The molecule has 1 aliphatic rings. The second-order valence-electron chi connectivity index (χ2n) is 6.33. The van der Waals surface area contributed by atoms with Crippen LogP contribution in [-0.4, -0.2) is 35.7 Å². The maximum atomic E-state index is 11.0. The maximum absolute atomic E-state index is 11.0. The average Bonchev–Trinajstić information content (AvgIpc) is 2.63. The van der Waals surface area contributed by atoms with E-state index in [1.165, 1.54) is 16.0 Å². The van der Waals surface area contributed by atoms with Crippen molar-refractivity contribution in [2.75, 3.05) is 25.0 Å². The van der Waals surface area contributed by atoms with E-state index in [1.54, 1.807) is 0 Å². The van der Waals surface area contributed by atoms with Crippen molar-refractivity contribution >= 4 is 11.8 Å². The van der Waals surface area contributed by atoms with Crippen LogP contribution in [0.1, 0.15) is 29.9 Å². The number of carbonyl (C=O) groups is 1. The minimum atomic E-state index is -0.800. The van der Waals surface area contributed by atoms with Gasteiger partial charge in [-0.2, -0.15) is 0 Å². The molecule has 1 aliphatic heterocycles. The summed E-state index contributed by atoms with van der Waals surface area (Å²) in [6.07, 6.45) is 2.03. The van der Waals surface area contributed by atoms with Crippen molar-refractivity contribution in [1.82, 2.24) is 4.90 Å². The number of nitrogens with zero attached hydrogens (tertiary/aromatic N) is 1. The SMILES string of the molecule is O=C(O)N1CCC(c2ccc(NCCc3ccccc3)cc2)CC1. The molecule has 2 aromatic rings. The number of piperidine rings is 1. The Kier molecular flexibility index (Phi) is 5.36. The van der Waals surface area contributed by atoms with Crippen LogP contribution in [0.15, 0.2) is 54.6 Å². The van der Waals surface area contributed by atoms with Crippen LogP contribution in [0.2, 0.25) is 0 Å². The molecule has 1 heterocycles. The Labute approximate surface area is 143 Å². The first-order chi connectivity index (χ1) is 11.7. The lowest BCUT2D eigenvalue weighted by molar-refractivity contribution is 0.132. The number of likely N-dealkylation sites (tertiary alicyclic amines) is 1. The van der Waals surface area contributed by atoms with Gasteiger partial charge in [-0.3, -0.25) is 0 Å². The molecule has 0 radical (unpaired) electrons. The number of benzene rings is 2. The molecule has 0 saturated carbocycles. The average molecular weight is 324 g/mol. The van der Waals surface area contributed by atoms with E-state index in [0.29, 0.717) is 19.0 Å². The van der Waals surface area contributed by atoms with Gasteiger partial charge in [0, 0.05) is 25.3 Å². The highest BCUT2D eigenvalue weighted by molar-refractivity contribution is 5.65. The van der Waals surface area contributed by atoms with E-state index in [9.17, 15) is 4.79 Å². The quantitative estimate of drug-likeness (QED) is 0.867. The van der Waals surface area contributed by atoms with E-state index in [2.05, 4.69) is 53.8 Å². The summed E-state index contributed by atoms with van der Waals surface area (Å²) in [5, 5.41) is 12.5. The molecule has 1 fully saturated rings. The number of anilines is 1. The van der Waals surface area contributed by atoms with E-state index in [-0.39, 0.29) is 0 Å². The Morgan fingerprint density at radius 2 is 1.71 bits per heavy atom. The van der Waals surface area contributed by atoms with E-state index in [4.69, 9.17) is 5.11 Å². The monoisotopic (exact) mass is 324 g/mol. The number of hydrogen-bond donors (Lipinski definition) is 2. The van der Waals surface area contributed by atoms with Gasteiger partial charge in [0.1, 0.15) is 0 Å². The van der Waals surface area contributed by atoms with Crippen LogP contribution >= 0.6 is 0 Å². The molecule has 2 N–H and O–H groups in total. The molecule has 0 aliphatic carbocycles. The lowest BCUT2D eigenvalue weighted by Crippen LogP contribution is -2.36. The fraction of sp³-hybridized carbons (Fsp3) is 0.350. The van der Waals surface area contributed by atoms with Gasteiger partial charge in [-0.05, 0) is 48.4 Å². The first-order valence-corrected chi connectivity index (χ1v) is 8.58. The van der Waals surface area contributed by atoms with Gasteiger partial charge in [0.2, 0.25) is 0 Å². The van der Waals surface area contributed by atoms with Gasteiger partial charge in [0.05, 0.1) is 0 Å². The molecule has 0 spiro atoms. The summed E-state index contributed by atoms with van der Waals surface area (Å²) in [6.45, 7) is 2.19. The third-order valence-electron chi connectivity index (χ3n) is 4.73. The molecule has 1 amide bonds. The van der Waals surface area contributed by atoms with Gasteiger partial charge < -0.3 is 15.3 Å². The fourth-order valence-corrected chi connectivity index (χ4v) is 3.27. The lowest BCUT2D eigenvalue weighted by Gasteiger charge is -2.30. The van der Waals surface area contributed by atoms with Gasteiger partial charge in [0.25, 0.3) is 0 Å². The van der Waals surface area contributed by atoms with E-state index < -0.39 is 6.09 Å². The third-order valence-corrected chi connectivity index (χ3v) is 4.73. The maximum Gasteiger partial charge on any atom is 0.407 e. The van der Waals surface area contributed by atoms with Gasteiger partial charge in [0.15, 0.2) is 0 Å². The topological polar surface area (TPSA) is 52.6 Å². The van der Waals surface area contributed by atoms with Crippen LogP contribution in [0.25, 0.3) is 0 Å². The van der Waals surface area contributed by atoms with Crippen molar-refractivity contribution in [3.8, 4) is 0 Å². The predicted molar refractivity (Wildman–Crippen MR) is 96.7 cm³/mol. The Morgan fingerprint density at radius 1 is 1.04 bits per heavy atom. The molecular formula is C20H24N2O2. The van der Waals surface area contributed by atoms with Gasteiger partial charge in [-0.15, -0.1) is 0 Å². The summed E-state index contributed by atoms with van der Waals surface area (Å²) in [6, 6.07) is 19.1. The second-order valence-corrected chi connectivity index (χ2v) is 6.33. The van der Waals surface area contributed by atoms with Crippen molar-refractivity contribution in [3.05, 3.63) is 65.7 Å². The van der Waals surface area contributed by atoms with Crippen molar-refractivity contribution in [2.45, 2.75) is 25.2 Å². The minimum absolute atomic E-state index is 0.471. The second kappa shape index (κ2) is 7.86. The van der Waals surface area contributed by atoms with Crippen LogP contribution in [0.3, 0.4) is 0 Å². The smallest absolute Gasteiger partial charge is 0.407 e. The highest BCUT2D eigenvalue weighted by Crippen LogP contribution is 2.28. The molecule has 1 saturated heterocycles. The zero-order valence-corrected chi connectivity index (χ0v) is 13.8. The number of amides is 1. The molecule has 0 aromatic heterocycles. The van der Waals surface area contributed by atoms with E-state index >= 15 is 0 Å².